The molecule has 2 N–H and O–H groups in total. The van der Waals surface area contributed by atoms with Crippen molar-refractivity contribution in [3.8, 4) is 28.0 Å². The van der Waals surface area contributed by atoms with Crippen molar-refractivity contribution in [3.05, 3.63) is 66.1 Å². The Balaban J connectivity index is 0.836. The molecule has 0 radical (unpaired) electrons. The Kier molecular flexibility index (Phi) is 10.2. The number of aromatic nitrogens is 6. The summed E-state index contributed by atoms with van der Waals surface area (Å²) in [4.78, 5) is 53.6. The molecule has 0 aliphatic carbocycles. The van der Waals surface area contributed by atoms with E-state index in [1.165, 1.54) is 11.3 Å². The van der Waals surface area contributed by atoms with E-state index in [0.29, 0.717) is 70.9 Å². The molecule has 4 saturated heterocycles. The number of nitrogens with zero attached hydrogens (tertiary/aromatic N) is 10. The van der Waals surface area contributed by atoms with Gasteiger partial charge in [0.2, 0.25) is 22.9 Å². The van der Waals surface area contributed by atoms with E-state index in [1.54, 1.807) is 16.9 Å². The van der Waals surface area contributed by atoms with Crippen molar-refractivity contribution in [1.82, 2.24) is 40.0 Å². The van der Waals surface area contributed by atoms with Crippen molar-refractivity contribution in [2.24, 2.45) is 5.92 Å². The summed E-state index contributed by atoms with van der Waals surface area (Å²) in [6.45, 7) is 5.40. The third-order valence-corrected chi connectivity index (χ3v) is 12.5. The monoisotopic (exact) mass is 786 g/mol. The molecule has 5 aromatic heterocycles. The summed E-state index contributed by atoms with van der Waals surface area (Å²) in [7, 11) is 0. The van der Waals surface area contributed by atoms with Crippen LogP contribution in [0.4, 0.5) is 16.6 Å². The Hall–Kier alpha value is -5.99. The Morgan fingerprint density at radius 1 is 0.912 bits per heavy atom. The fourth-order valence-electron chi connectivity index (χ4n) is 8.22. The molecule has 0 spiro atoms. The van der Waals surface area contributed by atoms with Crippen molar-refractivity contribution in [2.75, 3.05) is 67.6 Å². The SMILES string of the molecule is N#Cc1cnn2c(-c3cc(NC4CCOCC4)c(-c4nnc(N5CCN(C(=O)C6CCN(c7cc([C@@H]8CCC(=O)NC8=O)ccn7)CC6)CC5)s4)cn3)ccc2c1. The van der Waals surface area contributed by atoms with Crippen molar-refractivity contribution in [3.63, 3.8) is 0 Å². The molecule has 292 valence electrons. The third kappa shape index (κ3) is 7.62. The van der Waals surface area contributed by atoms with Gasteiger partial charge in [0.05, 0.1) is 40.1 Å². The van der Waals surface area contributed by atoms with Gasteiger partial charge in [-0.15, -0.1) is 10.2 Å². The second-order valence-corrected chi connectivity index (χ2v) is 15.9. The van der Waals surface area contributed by atoms with E-state index in [4.69, 9.17) is 9.72 Å². The largest absolute Gasteiger partial charge is 0.381 e. The maximum Gasteiger partial charge on any atom is 0.234 e. The van der Waals surface area contributed by atoms with Crippen LogP contribution in [0.3, 0.4) is 0 Å². The van der Waals surface area contributed by atoms with E-state index in [2.05, 4.69) is 46.8 Å². The van der Waals surface area contributed by atoms with Crippen LogP contribution in [-0.2, 0) is 19.1 Å². The number of anilines is 3. The van der Waals surface area contributed by atoms with Crippen LogP contribution in [-0.4, -0.2) is 111 Å². The number of imide groups is 1. The second kappa shape index (κ2) is 15.9. The zero-order valence-electron chi connectivity index (χ0n) is 31.3. The molecule has 4 aliphatic rings. The van der Waals surface area contributed by atoms with E-state index in [0.717, 1.165) is 75.4 Å². The molecule has 4 aliphatic heterocycles. The Bertz CT molecular complexity index is 2350. The number of piperazine rings is 1. The lowest BCUT2D eigenvalue weighted by molar-refractivity contribution is -0.137. The Labute approximate surface area is 332 Å². The number of fused-ring (bicyclic) bond motifs is 1. The van der Waals surface area contributed by atoms with Crippen molar-refractivity contribution < 1.29 is 19.1 Å². The van der Waals surface area contributed by atoms with Crippen LogP contribution in [0.15, 0.2) is 55.0 Å². The number of rotatable bonds is 8. The maximum atomic E-state index is 13.7. The number of piperidine rings is 2. The van der Waals surface area contributed by atoms with Crippen molar-refractivity contribution in [2.45, 2.75) is 50.5 Å². The summed E-state index contributed by atoms with van der Waals surface area (Å²) in [6, 6.07) is 13.9. The van der Waals surface area contributed by atoms with Gasteiger partial charge < -0.3 is 24.8 Å². The predicted molar refractivity (Wildman–Crippen MR) is 213 cm³/mol. The van der Waals surface area contributed by atoms with Crippen molar-refractivity contribution in [1.29, 1.82) is 5.26 Å². The zero-order valence-corrected chi connectivity index (χ0v) is 32.2. The summed E-state index contributed by atoms with van der Waals surface area (Å²) in [5.74, 6) is 0.112. The predicted octanol–water partition coefficient (Wildman–Crippen LogP) is 3.86. The summed E-state index contributed by atoms with van der Waals surface area (Å²) < 4.78 is 7.41. The standard InChI is InChI=1S/C40H42N12O4S/c41-22-25-19-29-1-3-34(52(29)44-23-25)33-21-32(45-28-8-17-56-18-9-28)31(24-43-33)38-47-48-40(57-38)51-15-13-50(14-16-51)39(55)26-6-11-49(12-7-26)35-20-27(5-10-42-35)30-2-4-36(53)46-37(30)54/h1,3,5,10,19-21,23-24,26,28,30H,2,4,6-9,11-18H2,(H,43,45)(H,46,53,54)/t30-/m0/s1. The molecule has 5 aromatic rings. The molecule has 17 heteroatoms. The van der Waals surface area contributed by atoms with Crippen LogP contribution >= 0.6 is 11.3 Å². The quantitative estimate of drug-likeness (QED) is 0.216. The van der Waals surface area contributed by atoms with E-state index >= 15 is 0 Å². The number of hydrogen-bond donors (Lipinski definition) is 2. The normalized spacial score (nSPS) is 19.8. The van der Waals surface area contributed by atoms with Crippen LogP contribution in [0.1, 0.15) is 55.6 Å². The van der Waals surface area contributed by atoms with Gasteiger partial charge in [0.25, 0.3) is 0 Å². The fourth-order valence-corrected chi connectivity index (χ4v) is 9.14. The van der Waals surface area contributed by atoms with Gasteiger partial charge in [-0.25, -0.2) is 9.50 Å². The van der Waals surface area contributed by atoms with Gasteiger partial charge in [0.15, 0.2) is 5.01 Å². The van der Waals surface area contributed by atoms with Gasteiger partial charge in [-0.3, -0.25) is 24.7 Å². The Morgan fingerprint density at radius 2 is 1.74 bits per heavy atom. The van der Waals surface area contributed by atoms with Gasteiger partial charge in [0, 0.05) is 88.9 Å². The molecular formula is C40H42N12O4S. The lowest BCUT2D eigenvalue weighted by atomic mass is 9.90. The highest BCUT2D eigenvalue weighted by atomic mass is 32.1. The molecule has 4 fully saturated rings. The van der Waals surface area contributed by atoms with Gasteiger partial charge in [-0.1, -0.05) is 11.3 Å². The molecular weight excluding hydrogens is 745 g/mol. The minimum atomic E-state index is -0.356. The molecule has 9 heterocycles. The number of amides is 3. The molecule has 16 nitrogen and oxygen atoms in total. The molecule has 1 atom stereocenters. The van der Waals surface area contributed by atoms with Crippen LogP contribution < -0.4 is 20.4 Å². The first kappa shape index (κ1) is 36.6. The first-order valence-electron chi connectivity index (χ1n) is 19.5. The minimum Gasteiger partial charge on any atom is -0.381 e. The minimum absolute atomic E-state index is 0.0491. The molecule has 0 saturated carbocycles. The summed E-state index contributed by atoms with van der Waals surface area (Å²) in [5.41, 5.74) is 5.53. The molecule has 0 bridgehead atoms. The number of nitriles is 1. The molecule has 57 heavy (non-hydrogen) atoms. The number of carbonyl (C=O) groups excluding carboxylic acids is 3. The fraction of sp³-hybridized carbons (Fsp3) is 0.425. The smallest absolute Gasteiger partial charge is 0.234 e. The highest BCUT2D eigenvalue weighted by Crippen LogP contribution is 2.37. The highest BCUT2D eigenvalue weighted by Gasteiger charge is 2.33. The van der Waals surface area contributed by atoms with Crippen LogP contribution in [0.2, 0.25) is 0 Å². The van der Waals surface area contributed by atoms with Gasteiger partial charge in [-0.2, -0.15) is 10.4 Å². The lowest BCUT2D eigenvalue weighted by Gasteiger charge is -2.38. The number of ether oxygens (including phenoxy) is 1. The average Bonchev–Trinajstić information content (AvgIpc) is 3.92. The third-order valence-electron chi connectivity index (χ3n) is 11.5. The van der Waals surface area contributed by atoms with Crippen LogP contribution in [0, 0.1) is 17.2 Å². The lowest BCUT2D eigenvalue weighted by Crippen LogP contribution is -2.51. The van der Waals surface area contributed by atoms with Gasteiger partial charge in [-0.05, 0) is 74.1 Å². The van der Waals surface area contributed by atoms with E-state index in [-0.39, 0.29) is 35.6 Å². The summed E-state index contributed by atoms with van der Waals surface area (Å²) >= 11 is 1.52. The van der Waals surface area contributed by atoms with Crippen LogP contribution in [0.25, 0.3) is 27.5 Å². The Morgan fingerprint density at radius 3 is 2.53 bits per heavy atom. The number of nitrogens with one attached hydrogen (secondary N) is 2. The number of carbonyl (C=O) groups is 3. The average molecular weight is 787 g/mol. The summed E-state index contributed by atoms with van der Waals surface area (Å²) in [5, 5.41) is 30.8. The zero-order chi connectivity index (χ0) is 38.9. The van der Waals surface area contributed by atoms with Gasteiger partial charge >= 0.3 is 0 Å². The van der Waals surface area contributed by atoms with E-state index in [9.17, 15) is 19.6 Å². The van der Waals surface area contributed by atoms with E-state index < -0.39 is 0 Å². The molecule has 0 aromatic carbocycles. The summed E-state index contributed by atoms with van der Waals surface area (Å²) in [6.07, 6.45) is 9.21. The topological polar surface area (TPSA) is 187 Å². The molecule has 0 unspecified atom stereocenters. The second-order valence-electron chi connectivity index (χ2n) is 15.0. The molecule has 9 rings (SSSR count). The number of hydrogen-bond acceptors (Lipinski definition) is 14. The van der Waals surface area contributed by atoms with Crippen molar-refractivity contribution >= 4 is 51.2 Å². The van der Waals surface area contributed by atoms with E-state index in [1.807, 2.05) is 47.5 Å². The number of pyridine rings is 2. The first-order chi connectivity index (χ1) is 27.9. The maximum absolute atomic E-state index is 13.7. The first-order valence-corrected chi connectivity index (χ1v) is 20.4. The van der Waals surface area contributed by atoms with Gasteiger partial charge in [0.1, 0.15) is 11.9 Å². The molecule has 3 amide bonds. The van der Waals surface area contributed by atoms with Crippen LogP contribution in [0.5, 0.6) is 0 Å². The highest BCUT2D eigenvalue weighted by molar-refractivity contribution is 7.18.